The van der Waals surface area contributed by atoms with Gasteiger partial charge in [-0.15, -0.1) is 0 Å². The van der Waals surface area contributed by atoms with Gasteiger partial charge in [-0.05, 0) is 18.5 Å². The summed E-state index contributed by atoms with van der Waals surface area (Å²) in [5.74, 6) is 0.907. The van der Waals surface area contributed by atoms with Crippen LogP contribution in [-0.2, 0) is 16.1 Å². The molecule has 1 aromatic rings. The Kier molecular flexibility index (Phi) is 7.02. The molecular weight excluding hydrogens is 216 g/mol. The van der Waals surface area contributed by atoms with Crippen LogP contribution in [-0.4, -0.2) is 33.2 Å². The van der Waals surface area contributed by atoms with E-state index >= 15 is 0 Å². The van der Waals surface area contributed by atoms with Crippen molar-refractivity contribution >= 4 is 6.47 Å². The molecule has 17 heavy (non-hydrogen) atoms. The van der Waals surface area contributed by atoms with Gasteiger partial charge in [-0.25, -0.2) is 0 Å². The fourth-order valence-corrected chi connectivity index (χ4v) is 1.49. The summed E-state index contributed by atoms with van der Waals surface area (Å²) < 4.78 is 4.54. The highest BCUT2D eigenvalue weighted by atomic mass is 16.5. The second kappa shape index (κ2) is 8.73. The lowest BCUT2D eigenvalue weighted by Crippen LogP contribution is -2.46. The highest BCUT2D eigenvalue weighted by Crippen LogP contribution is 1.98. The minimum absolute atomic E-state index is 0.365. The molecule has 0 saturated carbocycles. The third-order valence-corrected chi connectivity index (χ3v) is 2.52. The minimum Gasteiger partial charge on any atom is -0.463 e. The zero-order chi connectivity index (χ0) is 12.3. The minimum atomic E-state index is 0.365. The largest absolute Gasteiger partial charge is 0.463 e. The quantitative estimate of drug-likeness (QED) is 0.742. The van der Waals surface area contributed by atoms with E-state index in [2.05, 4.69) is 15.4 Å². The van der Waals surface area contributed by atoms with Gasteiger partial charge < -0.3 is 15.4 Å². The zero-order valence-corrected chi connectivity index (χ0v) is 10.2. The predicted molar refractivity (Wildman–Crippen MR) is 67.6 cm³/mol. The predicted octanol–water partition coefficient (Wildman–Crippen LogP) is 0.785. The Hall–Kier alpha value is -1.39. The van der Waals surface area contributed by atoms with Gasteiger partial charge in [0.05, 0.1) is 0 Å². The Morgan fingerprint density at radius 3 is 2.53 bits per heavy atom. The molecule has 4 nitrogen and oxygen atoms in total. The first-order chi connectivity index (χ1) is 8.36. The number of benzene rings is 1. The third kappa shape index (κ3) is 6.04. The monoisotopic (exact) mass is 236 g/mol. The number of hydrogen-bond acceptors (Lipinski definition) is 4. The summed E-state index contributed by atoms with van der Waals surface area (Å²) in [5.41, 5.74) is 1.01. The SMILES string of the molecule is CNCC1CNC1.O=COCc1ccccc1. The summed E-state index contributed by atoms with van der Waals surface area (Å²) in [6.07, 6.45) is 0. The number of hydrogen-bond donors (Lipinski definition) is 2. The van der Waals surface area contributed by atoms with E-state index in [4.69, 9.17) is 0 Å². The first-order valence-corrected chi connectivity index (χ1v) is 5.81. The normalized spacial score (nSPS) is 14.2. The van der Waals surface area contributed by atoms with Crippen molar-refractivity contribution < 1.29 is 9.53 Å². The van der Waals surface area contributed by atoms with Gasteiger partial charge in [-0.2, -0.15) is 0 Å². The summed E-state index contributed by atoms with van der Waals surface area (Å²) in [4.78, 5) is 9.76. The zero-order valence-electron chi connectivity index (χ0n) is 10.2. The lowest BCUT2D eigenvalue weighted by molar-refractivity contribution is -0.129. The second-order valence-corrected chi connectivity index (χ2v) is 3.97. The average Bonchev–Trinajstić information content (AvgIpc) is 2.33. The Balaban J connectivity index is 0.000000181. The number of nitrogens with one attached hydrogen (secondary N) is 2. The van der Waals surface area contributed by atoms with Gasteiger partial charge in [0.25, 0.3) is 6.47 Å². The Morgan fingerprint density at radius 2 is 2.12 bits per heavy atom. The van der Waals surface area contributed by atoms with Crippen LogP contribution in [0.1, 0.15) is 5.56 Å². The van der Waals surface area contributed by atoms with Crippen LogP contribution in [0.3, 0.4) is 0 Å². The van der Waals surface area contributed by atoms with Crippen molar-refractivity contribution in [3.8, 4) is 0 Å². The van der Waals surface area contributed by atoms with Crippen LogP contribution in [0.15, 0.2) is 30.3 Å². The van der Waals surface area contributed by atoms with E-state index in [0.29, 0.717) is 13.1 Å². The molecule has 2 rings (SSSR count). The molecule has 2 N–H and O–H groups in total. The molecule has 1 aliphatic heterocycles. The van der Waals surface area contributed by atoms with Crippen molar-refractivity contribution in [1.82, 2.24) is 10.6 Å². The van der Waals surface area contributed by atoms with Crippen LogP contribution in [0.5, 0.6) is 0 Å². The van der Waals surface area contributed by atoms with E-state index in [-0.39, 0.29) is 0 Å². The fraction of sp³-hybridized carbons (Fsp3) is 0.462. The highest BCUT2D eigenvalue weighted by molar-refractivity contribution is 5.37. The van der Waals surface area contributed by atoms with E-state index in [9.17, 15) is 4.79 Å². The first-order valence-electron chi connectivity index (χ1n) is 5.81. The Morgan fingerprint density at radius 1 is 1.41 bits per heavy atom. The Labute approximate surface area is 102 Å². The van der Waals surface area contributed by atoms with E-state index in [0.717, 1.165) is 11.5 Å². The van der Waals surface area contributed by atoms with Crippen LogP contribution < -0.4 is 10.6 Å². The summed E-state index contributed by atoms with van der Waals surface area (Å²) in [6, 6.07) is 9.55. The molecule has 1 aromatic carbocycles. The molecule has 94 valence electrons. The van der Waals surface area contributed by atoms with Gasteiger partial charge in [0.1, 0.15) is 6.61 Å². The van der Waals surface area contributed by atoms with E-state index in [1.807, 2.05) is 37.4 Å². The molecule has 4 heteroatoms. The van der Waals surface area contributed by atoms with E-state index < -0.39 is 0 Å². The number of carbonyl (C=O) groups excluding carboxylic acids is 1. The van der Waals surface area contributed by atoms with Crippen LogP contribution in [0.2, 0.25) is 0 Å². The van der Waals surface area contributed by atoms with E-state index in [1.54, 1.807) is 0 Å². The maximum atomic E-state index is 9.76. The van der Waals surface area contributed by atoms with Crippen molar-refractivity contribution in [3.05, 3.63) is 35.9 Å². The van der Waals surface area contributed by atoms with Crippen molar-refractivity contribution in [1.29, 1.82) is 0 Å². The number of rotatable bonds is 5. The van der Waals surface area contributed by atoms with Crippen LogP contribution in [0, 0.1) is 5.92 Å². The number of carbonyl (C=O) groups is 1. The van der Waals surface area contributed by atoms with Crippen molar-refractivity contribution in [2.45, 2.75) is 6.61 Å². The molecular formula is C13H20N2O2. The molecule has 0 aliphatic carbocycles. The van der Waals surface area contributed by atoms with Crippen LogP contribution in [0.25, 0.3) is 0 Å². The lowest BCUT2D eigenvalue weighted by atomic mass is 10.0. The number of ether oxygens (including phenoxy) is 1. The summed E-state index contributed by atoms with van der Waals surface area (Å²) >= 11 is 0. The molecule has 1 heterocycles. The highest BCUT2D eigenvalue weighted by Gasteiger charge is 2.13. The Bertz CT molecular complexity index is 300. The van der Waals surface area contributed by atoms with Gasteiger partial charge in [0, 0.05) is 19.6 Å². The van der Waals surface area contributed by atoms with Gasteiger partial charge >= 0.3 is 0 Å². The smallest absolute Gasteiger partial charge is 0.293 e. The van der Waals surface area contributed by atoms with Gasteiger partial charge in [-0.1, -0.05) is 30.3 Å². The second-order valence-electron chi connectivity index (χ2n) is 3.97. The molecule has 0 unspecified atom stereocenters. The third-order valence-electron chi connectivity index (χ3n) is 2.52. The summed E-state index contributed by atoms with van der Waals surface area (Å²) in [5, 5.41) is 6.34. The molecule has 0 amide bonds. The standard InChI is InChI=1S/C8H8O2.C5H12N2/c9-7-10-6-8-4-2-1-3-5-8;1-6-2-5-3-7-4-5/h1-5,7H,6H2;5-7H,2-4H2,1H3. The summed E-state index contributed by atoms with van der Waals surface area (Å²) in [7, 11) is 2.00. The maximum absolute atomic E-state index is 9.76. The van der Waals surface area contributed by atoms with Gasteiger partial charge in [0.2, 0.25) is 0 Å². The van der Waals surface area contributed by atoms with Crippen LogP contribution in [0.4, 0.5) is 0 Å². The average molecular weight is 236 g/mol. The van der Waals surface area contributed by atoms with Crippen molar-refractivity contribution in [2.24, 2.45) is 5.92 Å². The molecule has 0 atom stereocenters. The molecule has 1 fully saturated rings. The topological polar surface area (TPSA) is 50.4 Å². The summed E-state index contributed by atoms with van der Waals surface area (Å²) in [6.45, 7) is 4.41. The van der Waals surface area contributed by atoms with Crippen molar-refractivity contribution in [2.75, 3.05) is 26.7 Å². The molecule has 0 radical (unpaired) electrons. The van der Waals surface area contributed by atoms with Gasteiger partial charge in [0.15, 0.2) is 0 Å². The maximum Gasteiger partial charge on any atom is 0.293 e. The van der Waals surface area contributed by atoms with Crippen LogP contribution >= 0.6 is 0 Å². The van der Waals surface area contributed by atoms with E-state index in [1.165, 1.54) is 19.6 Å². The molecule has 1 aliphatic rings. The fourth-order valence-electron chi connectivity index (χ4n) is 1.49. The first kappa shape index (κ1) is 13.7. The molecule has 1 saturated heterocycles. The molecule has 0 bridgehead atoms. The lowest BCUT2D eigenvalue weighted by Gasteiger charge is -2.26. The molecule has 0 aromatic heterocycles. The van der Waals surface area contributed by atoms with Gasteiger partial charge in [-0.3, -0.25) is 4.79 Å². The van der Waals surface area contributed by atoms with Crippen molar-refractivity contribution in [3.63, 3.8) is 0 Å². The molecule has 0 spiro atoms.